The number of aromatic nitrogens is 3. The number of hydrogen-bond acceptors (Lipinski definition) is 6. The number of nitrogens with zero attached hydrogens (tertiary/aromatic N) is 6. The SMILES string of the molecule is CCN1CCN(C(=O)[C@@H]2CCCN(c3cnc4nccnc4c3)C2)CC1. The van der Waals surface area contributed by atoms with Gasteiger partial charge in [-0.1, -0.05) is 6.92 Å². The quantitative estimate of drug-likeness (QED) is 0.830. The Morgan fingerprint density at radius 1 is 1.12 bits per heavy atom. The second-order valence-corrected chi connectivity index (χ2v) is 7.14. The molecule has 2 aliphatic rings. The van der Waals surface area contributed by atoms with E-state index in [9.17, 15) is 4.79 Å². The van der Waals surface area contributed by atoms with Crippen LogP contribution in [0.1, 0.15) is 19.8 Å². The maximum atomic E-state index is 13.0. The van der Waals surface area contributed by atoms with Crippen LogP contribution in [0.5, 0.6) is 0 Å². The van der Waals surface area contributed by atoms with E-state index >= 15 is 0 Å². The lowest BCUT2D eigenvalue weighted by Crippen LogP contribution is -2.52. The number of piperazine rings is 1. The molecule has 7 heteroatoms. The van der Waals surface area contributed by atoms with Crippen molar-refractivity contribution in [2.75, 3.05) is 50.7 Å². The van der Waals surface area contributed by atoms with Gasteiger partial charge in [-0.05, 0) is 25.5 Å². The van der Waals surface area contributed by atoms with E-state index < -0.39 is 0 Å². The highest BCUT2D eigenvalue weighted by molar-refractivity contribution is 5.80. The molecule has 0 aromatic carbocycles. The molecule has 4 heterocycles. The number of likely N-dealkylation sites (N-methyl/N-ethyl adjacent to an activating group) is 1. The normalized spacial score (nSPS) is 22.0. The second kappa shape index (κ2) is 7.53. The Labute approximate surface area is 154 Å². The zero-order valence-electron chi connectivity index (χ0n) is 15.3. The van der Waals surface area contributed by atoms with Gasteiger partial charge >= 0.3 is 0 Å². The number of carbonyl (C=O) groups is 1. The summed E-state index contributed by atoms with van der Waals surface area (Å²) >= 11 is 0. The van der Waals surface area contributed by atoms with Crippen LogP contribution in [0.15, 0.2) is 24.7 Å². The largest absolute Gasteiger partial charge is 0.369 e. The molecule has 0 spiro atoms. The molecule has 2 saturated heterocycles. The van der Waals surface area contributed by atoms with Crippen LogP contribution in [0.3, 0.4) is 0 Å². The van der Waals surface area contributed by atoms with E-state index in [1.165, 1.54) is 0 Å². The summed E-state index contributed by atoms with van der Waals surface area (Å²) in [6, 6.07) is 2.03. The molecule has 0 bridgehead atoms. The predicted octanol–water partition coefficient (Wildman–Crippen LogP) is 1.41. The van der Waals surface area contributed by atoms with Crippen molar-refractivity contribution in [2.24, 2.45) is 5.92 Å². The molecule has 138 valence electrons. The van der Waals surface area contributed by atoms with Crippen LogP contribution in [-0.4, -0.2) is 76.5 Å². The third kappa shape index (κ3) is 3.49. The number of rotatable bonds is 3. The third-order valence-corrected chi connectivity index (χ3v) is 5.58. The maximum Gasteiger partial charge on any atom is 0.227 e. The van der Waals surface area contributed by atoms with Crippen molar-refractivity contribution in [1.29, 1.82) is 0 Å². The van der Waals surface area contributed by atoms with Gasteiger partial charge in [-0.2, -0.15) is 0 Å². The minimum atomic E-state index is 0.0782. The van der Waals surface area contributed by atoms with Crippen molar-refractivity contribution >= 4 is 22.8 Å². The van der Waals surface area contributed by atoms with Crippen LogP contribution in [0.4, 0.5) is 5.69 Å². The lowest BCUT2D eigenvalue weighted by atomic mass is 9.95. The molecule has 1 atom stereocenters. The summed E-state index contributed by atoms with van der Waals surface area (Å²) in [6.45, 7) is 8.67. The second-order valence-electron chi connectivity index (χ2n) is 7.14. The molecule has 0 N–H and O–H groups in total. The molecule has 4 rings (SSSR count). The van der Waals surface area contributed by atoms with Gasteiger partial charge in [0.2, 0.25) is 5.91 Å². The minimum Gasteiger partial charge on any atom is -0.369 e. The van der Waals surface area contributed by atoms with E-state index in [2.05, 4.69) is 36.6 Å². The van der Waals surface area contributed by atoms with E-state index in [1.807, 2.05) is 12.3 Å². The van der Waals surface area contributed by atoms with Gasteiger partial charge in [0, 0.05) is 51.7 Å². The average Bonchev–Trinajstić information content (AvgIpc) is 2.73. The monoisotopic (exact) mass is 354 g/mol. The van der Waals surface area contributed by atoms with Crippen LogP contribution in [0.2, 0.25) is 0 Å². The smallest absolute Gasteiger partial charge is 0.227 e. The van der Waals surface area contributed by atoms with Gasteiger partial charge in [-0.3, -0.25) is 9.78 Å². The molecule has 2 aromatic heterocycles. The standard InChI is InChI=1S/C19H26N6O/c1-2-23-8-10-24(11-9-23)19(26)15-4-3-7-25(14-15)16-12-17-18(22-13-16)21-6-5-20-17/h5-6,12-13,15H,2-4,7-11,14H2,1H3/t15-/m1/s1. The zero-order valence-corrected chi connectivity index (χ0v) is 15.3. The Morgan fingerprint density at radius 3 is 2.73 bits per heavy atom. The van der Waals surface area contributed by atoms with Gasteiger partial charge in [-0.25, -0.2) is 9.97 Å². The van der Waals surface area contributed by atoms with Crippen LogP contribution in [0.25, 0.3) is 11.2 Å². The predicted molar refractivity (Wildman–Crippen MR) is 101 cm³/mol. The number of pyridine rings is 1. The Morgan fingerprint density at radius 2 is 1.92 bits per heavy atom. The van der Waals surface area contributed by atoms with E-state index in [1.54, 1.807) is 12.4 Å². The van der Waals surface area contributed by atoms with Crippen molar-refractivity contribution in [3.63, 3.8) is 0 Å². The number of carbonyl (C=O) groups excluding carboxylic acids is 1. The fourth-order valence-electron chi connectivity index (χ4n) is 3.98. The first-order valence-electron chi connectivity index (χ1n) is 9.57. The highest BCUT2D eigenvalue weighted by Gasteiger charge is 2.31. The first-order chi connectivity index (χ1) is 12.7. The van der Waals surface area contributed by atoms with Crippen molar-refractivity contribution < 1.29 is 4.79 Å². The van der Waals surface area contributed by atoms with Crippen molar-refractivity contribution in [3.8, 4) is 0 Å². The maximum absolute atomic E-state index is 13.0. The van der Waals surface area contributed by atoms with Gasteiger partial charge in [0.05, 0.1) is 17.8 Å². The van der Waals surface area contributed by atoms with Gasteiger partial charge in [0.25, 0.3) is 0 Å². The average molecular weight is 354 g/mol. The highest BCUT2D eigenvalue weighted by Crippen LogP contribution is 2.25. The Balaban J connectivity index is 1.44. The van der Waals surface area contributed by atoms with Gasteiger partial charge < -0.3 is 14.7 Å². The molecule has 0 aliphatic carbocycles. The van der Waals surface area contributed by atoms with Crippen molar-refractivity contribution in [1.82, 2.24) is 24.8 Å². The summed E-state index contributed by atoms with van der Waals surface area (Å²) in [5.74, 6) is 0.397. The first-order valence-corrected chi connectivity index (χ1v) is 9.57. The lowest BCUT2D eigenvalue weighted by Gasteiger charge is -2.39. The Kier molecular flexibility index (Phi) is 4.97. The summed E-state index contributed by atoms with van der Waals surface area (Å²) in [6.07, 6.45) is 7.20. The highest BCUT2D eigenvalue weighted by atomic mass is 16.2. The van der Waals surface area contributed by atoms with E-state index in [4.69, 9.17) is 0 Å². The van der Waals surface area contributed by atoms with Gasteiger partial charge in [0.15, 0.2) is 5.65 Å². The molecule has 2 aromatic rings. The van der Waals surface area contributed by atoms with Crippen LogP contribution >= 0.6 is 0 Å². The van der Waals surface area contributed by atoms with Crippen LogP contribution in [-0.2, 0) is 4.79 Å². The number of hydrogen-bond donors (Lipinski definition) is 0. The fourth-order valence-corrected chi connectivity index (χ4v) is 3.98. The number of piperidine rings is 1. The molecule has 26 heavy (non-hydrogen) atoms. The molecule has 1 amide bonds. The fraction of sp³-hybridized carbons (Fsp3) is 0.579. The topological polar surface area (TPSA) is 65.5 Å². The first kappa shape index (κ1) is 17.1. The third-order valence-electron chi connectivity index (χ3n) is 5.58. The van der Waals surface area contributed by atoms with Gasteiger partial charge in [-0.15, -0.1) is 0 Å². The number of amides is 1. The van der Waals surface area contributed by atoms with Crippen LogP contribution in [0, 0.1) is 5.92 Å². The summed E-state index contributed by atoms with van der Waals surface area (Å²) in [5, 5.41) is 0. The summed E-state index contributed by atoms with van der Waals surface area (Å²) < 4.78 is 0. The molecule has 2 fully saturated rings. The van der Waals surface area contributed by atoms with Crippen molar-refractivity contribution in [2.45, 2.75) is 19.8 Å². The Bertz CT molecular complexity index is 773. The number of fused-ring (bicyclic) bond motifs is 1. The van der Waals surface area contributed by atoms with Crippen molar-refractivity contribution in [3.05, 3.63) is 24.7 Å². The number of anilines is 1. The lowest BCUT2D eigenvalue weighted by molar-refractivity contribution is -0.137. The molecule has 0 radical (unpaired) electrons. The molecule has 0 saturated carbocycles. The van der Waals surface area contributed by atoms with E-state index in [0.717, 1.165) is 69.9 Å². The van der Waals surface area contributed by atoms with E-state index in [-0.39, 0.29) is 5.92 Å². The minimum absolute atomic E-state index is 0.0782. The molecule has 0 unspecified atom stereocenters. The molecular weight excluding hydrogens is 328 g/mol. The van der Waals surface area contributed by atoms with Gasteiger partial charge in [0.1, 0.15) is 5.52 Å². The molecule has 2 aliphatic heterocycles. The molecule has 7 nitrogen and oxygen atoms in total. The summed E-state index contributed by atoms with van der Waals surface area (Å²) in [5.41, 5.74) is 2.50. The Hall–Kier alpha value is -2.28. The van der Waals surface area contributed by atoms with Crippen LogP contribution < -0.4 is 4.90 Å². The summed E-state index contributed by atoms with van der Waals surface area (Å²) in [7, 11) is 0. The van der Waals surface area contributed by atoms with E-state index in [0.29, 0.717) is 11.6 Å². The molecular formula is C19H26N6O. The zero-order chi connectivity index (χ0) is 17.9. The summed E-state index contributed by atoms with van der Waals surface area (Å²) in [4.78, 5) is 32.7.